The van der Waals surface area contributed by atoms with Crippen LogP contribution in [0.1, 0.15) is 56.8 Å². The summed E-state index contributed by atoms with van der Waals surface area (Å²) in [6, 6.07) is 27.5. The molecule has 0 spiro atoms. The molecule has 0 saturated heterocycles. The molecule has 5 rings (SSSR count). The van der Waals surface area contributed by atoms with Crippen LogP contribution in [0.2, 0.25) is 0 Å². The number of nitrogens with two attached hydrogens (primary N) is 1. The van der Waals surface area contributed by atoms with E-state index >= 15 is 4.39 Å². The van der Waals surface area contributed by atoms with E-state index in [2.05, 4.69) is 10.2 Å². The lowest BCUT2D eigenvalue weighted by atomic mass is 9.96. The minimum absolute atomic E-state index is 0.0999. The molecule has 1 aliphatic heterocycles. The average Bonchev–Trinajstić information content (AvgIpc) is 2.94. The molecule has 0 aromatic heterocycles. The minimum Gasteiger partial charge on any atom is -0.367 e. The molecule has 0 bridgehead atoms. The molecule has 4 aromatic rings. The lowest BCUT2D eigenvalue weighted by molar-refractivity contribution is 0.0938. The second kappa shape index (κ2) is 10.9. The molecule has 0 saturated carbocycles. The van der Waals surface area contributed by atoms with Crippen LogP contribution in [-0.2, 0) is 13.0 Å². The molecule has 3 N–H and O–H groups in total. The molecule has 1 atom stereocenters. The summed E-state index contributed by atoms with van der Waals surface area (Å²) in [5, 5.41) is 3.08. The Bertz CT molecular complexity index is 1490. The predicted molar refractivity (Wildman–Crippen MR) is 148 cm³/mol. The fourth-order valence-corrected chi connectivity index (χ4v) is 5.08. The number of rotatable bonds is 7. The van der Waals surface area contributed by atoms with Crippen molar-refractivity contribution in [2.24, 2.45) is 5.73 Å². The third-order valence-corrected chi connectivity index (χ3v) is 7.12. The highest BCUT2D eigenvalue weighted by Crippen LogP contribution is 2.31. The number of amides is 2. The van der Waals surface area contributed by atoms with Crippen LogP contribution in [0.15, 0.2) is 91.0 Å². The van der Waals surface area contributed by atoms with E-state index in [0.717, 1.165) is 36.2 Å². The van der Waals surface area contributed by atoms with E-state index < -0.39 is 5.91 Å². The van der Waals surface area contributed by atoms with Gasteiger partial charge in [-0.15, -0.1) is 0 Å². The third kappa shape index (κ3) is 5.30. The van der Waals surface area contributed by atoms with Crippen LogP contribution in [-0.4, -0.2) is 18.4 Å². The van der Waals surface area contributed by atoms with E-state index in [4.69, 9.17) is 5.73 Å². The topological polar surface area (TPSA) is 75.4 Å². The zero-order valence-corrected chi connectivity index (χ0v) is 21.3. The van der Waals surface area contributed by atoms with Gasteiger partial charge in [0.15, 0.2) is 0 Å². The Labute approximate surface area is 222 Å². The first kappa shape index (κ1) is 25.2. The largest absolute Gasteiger partial charge is 0.367 e. The van der Waals surface area contributed by atoms with Gasteiger partial charge < -0.3 is 16.0 Å². The van der Waals surface area contributed by atoms with Crippen molar-refractivity contribution in [3.05, 3.63) is 125 Å². The molecule has 38 heavy (non-hydrogen) atoms. The van der Waals surface area contributed by atoms with Crippen molar-refractivity contribution in [3.8, 4) is 11.1 Å². The summed E-state index contributed by atoms with van der Waals surface area (Å²) in [4.78, 5) is 26.9. The number of primary amides is 1. The van der Waals surface area contributed by atoms with Gasteiger partial charge in [0.1, 0.15) is 5.82 Å². The van der Waals surface area contributed by atoms with Crippen LogP contribution < -0.4 is 16.0 Å². The SMILES string of the molecule is CC(NC(=O)c1ccc2c(c1)CCCN2Cc1ccc(-c2ccccc2C(N)=O)cc1F)c1ccccc1. The Morgan fingerprint density at radius 1 is 0.974 bits per heavy atom. The molecule has 1 aliphatic rings. The maximum absolute atomic E-state index is 15.2. The van der Waals surface area contributed by atoms with Crippen LogP contribution in [0.5, 0.6) is 0 Å². The monoisotopic (exact) mass is 507 g/mol. The lowest BCUT2D eigenvalue weighted by Crippen LogP contribution is -2.30. The van der Waals surface area contributed by atoms with E-state index in [0.29, 0.717) is 34.4 Å². The fourth-order valence-electron chi connectivity index (χ4n) is 5.08. The molecular formula is C32H30FN3O2. The number of hydrogen-bond acceptors (Lipinski definition) is 3. The summed E-state index contributed by atoms with van der Waals surface area (Å²) in [7, 11) is 0. The van der Waals surface area contributed by atoms with Crippen molar-refractivity contribution in [1.82, 2.24) is 5.32 Å². The quantitative estimate of drug-likeness (QED) is 0.320. The first-order chi connectivity index (χ1) is 18.4. The van der Waals surface area contributed by atoms with Crippen LogP contribution >= 0.6 is 0 Å². The standard InChI is InChI=1S/C32H30FN3O2/c1-21(22-8-3-2-4-9-22)35-32(38)25-15-16-30-24(18-25)10-7-17-36(30)20-26-14-13-23(19-29(26)33)27-11-5-6-12-28(27)31(34)37/h2-6,8-9,11-16,18-19,21H,7,10,17,20H2,1H3,(H2,34,37)(H,35,38). The summed E-state index contributed by atoms with van der Waals surface area (Å²) in [5.41, 5.74) is 11.4. The number of nitrogens with one attached hydrogen (secondary N) is 1. The maximum atomic E-state index is 15.2. The number of anilines is 1. The van der Waals surface area contributed by atoms with Gasteiger partial charge in [-0.05, 0) is 72.4 Å². The van der Waals surface area contributed by atoms with E-state index in [1.807, 2.05) is 61.5 Å². The van der Waals surface area contributed by atoms with Crippen molar-refractivity contribution in [1.29, 1.82) is 0 Å². The van der Waals surface area contributed by atoms with E-state index in [1.165, 1.54) is 6.07 Å². The molecule has 2 amide bonds. The normalized spacial score (nSPS) is 13.5. The number of nitrogens with zero attached hydrogens (tertiary/aromatic N) is 1. The highest BCUT2D eigenvalue weighted by molar-refractivity contribution is 5.99. The van der Waals surface area contributed by atoms with E-state index in [1.54, 1.807) is 30.3 Å². The first-order valence-corrected chi connectivity index (χ1v) is 12.8. The number of benzene rings is 4. The van der Waals surface area contributed by atoms with Gasteiger partial charge in [-0.25, -0.2) is 4.39 Å². The summed E-state index contributed by atoms with van der Waals surface area (Å²) in [6.07, 6.45) is 1.79. The molecule has 5 nitrogen and oxygen atoms in total. The van der Waals surface area contributed by atoms with Gasteiger partial charge >= 0.3 is 0 Å². The zero-order chi connectivity index (χ0) is 26.6. The molecule has 0 fully saturated rings. The van der Waals surface area contributed by atoms with E-state index in [-0.39, 0.29) is 17.8 Å². The summed E-state index contributed by atoms with van der Waals surface area (Å²) in [5.74, 6) is -0.989. The molecule has 1 heterocycles. The number of aryl methyl sites for hydroxylation is 1. The second-order valence-corrected chi connectivity index (χ2v) is 9.69. The maximum Gasteiger partial charge on any atom is 0.251 e. The first-order valence-electron chi connectivity index (χ1n) is 12.8. The number of fused-ring (bicyclic) bond motifs is 1. The average molecular weight is 508 g/mol. The molecule has 0 radical (unpaired) electrons. The van der Waals surface area contributed by atoms with Crippen LogP contribution in [0.4, 0.5) is 10.1 Å². The van der Waals surface area contributed by atoms with Crippen LogP contribution in [0, 0.1) is 5.82 Å². The van der Waals surface area contributed by atoms with Gasteiger partial charge in [0.05, 0.1) is 6.04 Å². The van der Waals surface area contributed by atoms with Crippen LogP contribution in [0.3, 0.4) is 0 Å². The third-order valence-electron chi connectivity index (χ3n) is 7.12. The molecule has 4 aromatic carbocycles. The Hall–Kier alpha value is -4.45. The van der Waals surface area contributed by atoms with Gasteiger partial charge in [0, 0.05) is 35.5 Å². The number of hydrogen-bond donors (Lipinski definition) is 2. The molecule has 1 unspecified atom stereocenters. The van der Waals surface area contributed by atoms with Crippen molar-refractivity contribution >= 4 is 17.5 Å². The summed E-state index contributed by atoms with van der Waals surface area (Å²) >= 11 is 0. The van der Waals surface area contributed by atoms with Crippen molar-refractivity contribution in [2.75, 3.05) is 11.4 Å². The van der Waals surface area contributed by atoms with Crippen molar-refractivity contribution < 1.29 is 14.0 Å². The zero-order valence-electron chi connectivity index (χ0n) is 21.3. The van der Waals surface area contributed by atoms with E-state index in [9.17, 15) is 9.59 Å². The fraction of sp³-hybridized carbons (Fsp3) is 0.188. The van der Waals surface area contributed by atoms with Gasteiger partial charge in [-0.2, -0.15) is 0 Å². The van der Waals surface area contributed by atoms with Gasteiger partial charge in [-0.3, -0.25) is 9.59 Å². The Morgan fingerprint density at radius 2 is 1.74 bits per heavy atom. The molecular weight excluding hydrogens is 477 g/mol. The number of halogens is 1. The van der Waals surface area contributed by atoms with Gasteiger partial charge in [-0.1, -0.05) is 60.7 Å². The van der Waals surface area contributed by atoms with Crippen molar-refractivity contribution in [2.45, 2.75) is 32.4 Å². The predicted octanol–water partition coefficient (Wildman–Crippen LogP) is 6.04. The number of carbonyl (C=O) groups is 2. The molecule has 6 heteroatoms. The van der Waals surface area contributed by atoms with Gasteiger partial charge in [0.25, 0.3) is 5.91 Å². The molecule has 192 valence electrons. The highest BCUT2D eigenvalue weighted by Gasteiger charge is 2.21. The minimum atomic E-state index is -0.544. The van der Waals surface area contributed by atoms with Crippen molar-refractivity contribution in [3.63, 3.8) is 0 Å². The lowest BCUT2D eigenvalue weighted by Gasteiger charge is -2.32. The smallest absolute Gasteiger partial charge is 0.251 e. The Kier molecular flexibility index (Phi) is 7.22. The molecule has 0 aliphatic carbocycles. The second-order valence-electron chi connectivity index (χ2n) is 9.69. The highest BCUT2D eigenvalue weighted by atomic mass is 19.1. The van der Waals surface area contributed by atoms with Crippen LogP contribution in [0.25, 0.3) is 11.1 Å². The number of carbonyl (C=O) groups excluding carboxylic acids is 2. The summed E-state index contributed by atoms with van der Waals surface area (Å²) < 4.78 is 15.2. The summed E-state index contributed by atoms with van der Waals surface area (Å²) in [6.45, 7) is 3.18. The Morgan fingerprint density at radius 3 is 2.50 bits per heavy atom. The van der Waals surface area contributed by atoms with Gasteiger partial charge in [0.2, 0.25) is 5.91 Å². The Balaban J connectivity index is 1.33.